The molecule has 24 heavy (non-hydrogen) atoms. The van der Waals surface area contributed by atoms with Crippen LogP contribution in [0, 0.1) is 12.3 Å². The standard InChI is InChI=1S/C16H8F6O2/c1-2-10-7-8-11(9-14(10)24-16(20,21)22)12-5-3-4-6-13(12)23-15(17,18)19/h1,3-9H. The van der Waals surface area contributed by atoms with Gasteiger partial charge in [-0.05, 0) is 23.8 Å². The highest BCUT2D eigenvalue weighted by atomic mass is 19.4. The van der Waals surface area contributed by atoms with Crippen LogP contribution in [0.3, 0.4) is 0 Å². The van der Waals surface area contributed by atoms with E-state index >= 15 is 0 Å². The van der Waals surface area contributed by atoms with Crippen LogP contribution in [0.4, 0.5) is 26.3 Å². The molecule has 2 aromatic carbocycles. The molecule has 0 fully saturated rings. The van der Waals surface area contributed by atoms with Crippen molar-refractivity contribution in [3.8, 4) is 35.0 Å². The lowest BCUT2D eigenvalue weighted by molar-refractivity contribution is -0.275. The van der Waals surface area contributed by atoms with Crippen LogP contribution in [0.5, 0.6) is 11.5 Å². The Labute approximate surface area is 132 Å². The molecule has 0 aliphatic rings. The largest absolute Gasteiger partial charge is 0.573 e. The van der Waals surface area contributed by atoms with Crippen LogP contribution < -0.4 is 9.47 Å². The number of rotatable bonds is 3. The third kappa shape index (κ3) is 4.59. The molecule has 0 saturated heterocycles. The summed E-state index contributed by atoms with van der Waals surface area (Å²) in [5.41, 5.74) is -0.233. The highest BCUT2D eigenvalue weighted by Gasteiger charge is 2.33. The van der Waals surface area contributed by atoms with Crippen LogP contribution in [0.25, 0.3) is 11.1 Å². The maximum atomic E-state index is 12.4. The predicted octanol–water partition coefficient (Wildman–Crippen LogP) is 5.13. The van der Waals surface area contributed by atoms with Crippen molar-refractivity contribution in [2.24, 2.45) is 0 Å². The van der Waals surface area contributed by atoms with Crippen molar-refractivity contribution in [3.63, 3.8) is 0 Å². The summed E-state index contributed by atoms with van der Waals surface area (Å²) in [6.45, 7) is 0. The van der Waals surface area contributed by atoms with Gasteiger partial charge in [0.2, 0.25) is 0 Å². The molecule has 2 nitrogen and oxygen atoms in total. The van der Waals surface area contributed by atoms with Crippen LogP contribution in [-0.2, 0) is 0 Å². The molecule has 0 heterocycles. The van der Waals surface area contributed by atoms with Gasteiger partial charge in [0.1, 0.15) is 11.5 Å². The Morgan fingerprint density at radius 3 is 1.96 bits per heavy atom. The average molecular weight is 346 g/mol. The van der Waals surface area contributed by atoms with E-state index in [9.17, 15) is 26.3 Å². The molecule has 126 valence electrons. The van der Waals surface area contributed by atoms with Gasteiger partial charge < -0.3 is 9.47 Å². The number of para-hydroxylation sites is 1. The van der Waals surface area contributed by atoms with E-state index in [4.69, 9.17) is 6.42 Å². The van der Waals surface area contributed by atoms with Crippen molar-refractivity contribution >= 4 is 0 Å². The quantitative estimate of drug-likeness (QED) is 0.566. The summed E-state index contributed by atoms with van der Waals surface area (Å²) in [4.78, 5) is 0. The second kappa shape index (κ2) is 6.35. The number of halogens is 6. The Morgan fingerprint density at radius 1 is 0.792 bits per heavy atom. The number of terminal acetylenes is 1. The van der Waals surface area contributed by atoms with Gasteiger partial charge in [-0.2, -0.15) is 0 Å². The molecule has 0 saturated carbocycles. The number of hydrogen-bond donors (Lipinski definition) is 0. The molecule has 0 aliphatic carbocycles. The smallest absolute Gasteiger partial charge is 0.405 e. The van der Waals surface area contributed by atoms with Crippen molar-refractivity contribution in [3.05, 3.63) is 48.0 Å². The topological polar surface area (TPSA) is 18.5 Å². The third-order valence-electron chi connectivity index (χ3n) is 2.79. The molecular weight excluding hydrogens is 338 g/mol. The monoisotopic (exact) mass is 346 g/mol. The Hall–Kier alpha value is -2.82. The zero-order valence-electron chi connectivity index (χ0n) is 11.7. The lowest BCUT2D eigenvalue weighted by Gasteiger charge is -2.15. The normalized spacial score (nSPS) is 11.7. The van der Waals surface area contributed by atoms with Gasteiger partial charge in [0, 0.05) is 5.56 Å². The molecule has 0 N–H and O–H groups in total. The van der Waals surface area contributed by atoms with E-state index < -0.39 is 24.2 Å². The highest BCUT2D eigenvalue weighted by molar-refractivity contribution is 5.73. The number of hydrogen-bond acceptors (Lipinski definition) is 2. The molecule has 0 unspecified atom stereocenters. The Balaban J connectivity index is 2.51. The number of ether oxygens (including phenoxy) is 2. The molecule has 2 rings (SSSR count). The minimum absolute atomic E-state index is 0.0214. The fourth-order valence-corrected chi connectivity index (χ4v) is 1.94. The lowest BCUT2D eigenvalue weighted by atomic mass is 10.0. The van der Waals surface area contributed by atoms with Crippen LogP contribution in [0.15, 0.2) is 42.5 Å². The van der Waals surface area contributed by atoms with E-state index in [1.54, 1.807) is 0 Å². The second-order valence-electron chi connectivity index (χ2n) is 4.45. The van der Waals surface area contributed by atoms with E-state index in [-0.39, 0.29) is 16.7 Å². The molecule has 0 spiro atoms. The number of benzene rings is 2. The fraction of sp³-hybridized carbons (Fsp3) is 0.125. The van der Waals surface area contributed by atoms with Gasteiger partial charge >= 0.3 is 12.7 Å². The zero-order valence-corrected chi connectivity index (χ0v) is 11.7. The van der Waals surface area contributed by atoms with Crippen molar-refractivity contribution in [2.45, 2.75) is 12.7 Å². The highest BCUT2D eigenvalue weighted by Crippen LogP contribution is 2.37. The predicted molar refractivity (Wildman–Crippen MR) is 73.2 cm³/mol. The van der Waals surface area contributed by atoms with Gasteiger partial charge in [0.15, 0.2) is 0 Å². The second-order valence-corrected chi connectivity index (χ2v) is 4.45. The van der Waals surface area contributed by atoms with E-state index in [0.717, 1.165) is 18.2 Å². The van der Waals surface area contributed by atoms with E-state index in [1.165, 1.54) is 24.3 Å². The first-order chi connectivity index (χ1) is 11.1. The zero-order chi connectivity index (χ0) is 18.0. The molecule has 2 aromatic rings. The summed E-state index contributed by atoms with van der Waals surface area (Å²) >= 11 is 0. The molecule has 0 radical (unpaired) electrons. The molecule has 0 amide bonds. The summed E-state index contributed by atoms with van der Waals surface area (Å²) in [5, 5.41) is 0. The Morgan fingerprint density at radius 2 is 1.38 bits per heavy atom. The first-order valence-corrected chi connectivity index (χ1v) is 6.30. The molecule has 0 aromatic heterocycles. The van der Waals surface area contributed by atoms with Crippen LogP contribution in [-0.4, -0.2) is 12.7 Å². The van der Waals surface area contributed by atoms with Crippen LogP contribution in [0.1, 0.15) is 5.56 Å². The van der Waals surface area contributed by atoms with Crippen molar-refractivity contribution in [1.29, 1.82) is 0 Å². The summed E-state index contributed by atoms with van der Waals surface area (Å²) in [7, 11) is 0. The van der Waals surface area contributed by atoms with Crippen molar-refractivity contribution < 1.29 is 35.8 Å². The van der Waals surface area contributed by atoms with Gasteiger partial charge in [0.05, 0.1) is 5.56 Å². The van der Waals surface area contributed by atoms with E-state index in [1.807, 2.05) is 5.92 Å². The van der Waals surface area contributed by atoms with Crippen LogP contribution >= 0.6 is 0 Å². The van der Waals surface area contributed by atoms with Gasteiger partial charge in [-0.3, -0.25) is 0 Å². The fourth-order valence-electron chi connectivity index (χ4n) is 1.94. The molecule has 8 heteroatoms. The number of alkyl halides is 6. The maximum Gasteiger partial charge on any atom is 0.573 e. The van der Waals surface area contributed by atoms with Crippen LogP contribution in [0.2, 0.25) is 0 Å². The van der Waals surface area contributed by atoms with Gasteiger partial charge in [-0.1, -0.05) is 30.2 Å². The van der Waals surface area contributed by atoms with Gasteiger partial charge in [0.25, 0.3) is 0 Å². The van der Waals surface area contributed by atoms with Crippen molar-refractivity contribution in [1.82, 2.24) is 0 Å². The van der Waals surface area contributed by atoms with E-state index in [2.05, 4.69) is 9.47 Å². The van der Waals surface area contributed by atoms with Crippen molar-refractivity contribution in [2.75, 3.05) is 0 Å². The molecule has 0 aliphatic heterocycles. The van der Waals surface area contributed by atoms with E-state index in [0.29, 0.717) is 0 Å². The Bertz CT molecular complexity index is 771. The molecule has 0 atom stereocenters. The first kappa shape index (κ1) is 17.5. The minimum Gasteiger partial charge on any atom is -0.405 e. The third-order valence-corrected chi connectivity index (χ3v) is 2.79. The van der Waals surface area contributed by atoms with Gasteiger partial charge in [-0.15, -0.1) is 32.8 Å². The lowest BCUT2D eigenvalue weighted by Crippen LogP contribution is -2.18. The first-order valence-electron chi connectivity index (χ1n) is 6.30. The summed E-state index contributed by atoms with van der Waals surface area (Å²) in [6.07, 6.45) is -4.84. The molecule has 0 bridgehead atoms. The summed E-state index contributed by atoms with van der Waals surface area (Å²) in [6, 6.07) is 8.34. The maximum absolute atomic E-state index is 12.4. The Kier molecular flexibility index (Phi) is 4.64. The average Bonchev–Trinajstić information content (AvgIpc) is 2.44. The SMILES string of the molecule is C#Cc1ccc(-c2ccccc2OC(F)(F)F)cc1OC(F)(F)F. The minimum atomic E-state index is -4.99. The molecular formula is C16H8F6O2. The summed E-state index contributed by atoms with van der Waals surface area (Å²) < 4.78 is 82.3. The summed E-state index contributed by atoms with van der Waals surface area (Å²) in [5.74, 6) is 0.764. The van der Waals surface area contributed by atoms with Gasteiger partial charge in [-0.25, -0.2) is 0 Å².